The van der Waals surface area contributed by atoms with Crippen molar-refractivity contribution in [3.63, 3.8) is 0 Å². The van der Waals surface area contributed by atoms with E-state index in [4.69, 9.17) is 0 Å². The number of aryl methyl sites for hydroxylation is 1. The van der Waals surface area contributed by atoms with Crippen molar-refractivity contribution in [1.29, 1.82) is 0 Å². The zero-order chi connectivity index (χ0) is 13.2. The van der Waals surface area contributed by atoms with Gasteiger partial charge in [0.2, 0.25) is 0 Å². The van der Waals surface area contributed by atoms with Crippen molar-refractivity contribution in [1.82, 2.24) is 9.78 Å². The molecule has 0 aliphatic carbocycles. The molecule has 1 radical (unpaired) electrons. The van der Waals surface area contributed by atoms with Gasteiger partial charge in [-0.05, 0) is 25.1 Å². The van der Waals surface area contributed by atoms with Crippen LogP contribution in [0.1, 0.15) is 11.4 Å². The molecule has 2 nitrogen and oxygen atoms in total. The zero-order valence-corrected chi connectivity index (χ0v) is 13.8. The molecule has 0 fully saturated rings. The SMILES string of the molecule is Cc1nn(-c2[c-]cccc2)c(C)c1-c1ccccc1.[Ir]. The third kappa shape index (κ3) is 2.60. The molecule has 3 rings (SSSR count). The van der Waals surface area contributed by atoms with Gasteiger partial charge in [-0.3, -0.25) is 4.68 Å². The summed E-state index contributed by atoms with van der Waals surface area (Å²) >= 11 is 0. The van der Waals surface area contributed by atoms with Crippen LogP contribution in [-0.4, -0.2) is 9.78 Å². The van der Waals surface area contributed by atoms with Gasteiger partial charge < -0.3 is 0 Å². The van der Waals surface area contributed by atoms with Crippen molar-refractivity contribution >= 4 is 0 Å². The number of hydrogen-bond acceptors (Lipinski definition) is 1. The van der Waals surface area contributed by atoms with Crippen LogP contribution in [0, 0.1) is 19.9 Å². The van der Waals surface area contributed by atoms with Gasteiger partial charge in [0, 0.05) is 31.4 Å². The molecule has 0 N–H and O–H groups in total. The van der Waals surface area contributed by atoms with E-state index in [0.717, 1.165) is 17.1 Å². The molecule has 0 amide bonds. The van der Waals surface area contributed by atoms with E-state index in [-0.39, 0.29) is 20.1 Å². The molecule has 103 valence electrons. The Labute approximate surface area is 132 Å². The molecule has 1 aromatic heterocycles. The number of nitrogens with zero attached hydrogens (tertiary/aromatic N) is 2. The molecule has 0 unspecified atom stereocenters. The van der Waals surface area contributed by atoms with Gasteiger partial charge in [0.15, 0.2) is 0 Å². The molecule has 0 spiro atoms. The number of hydrogen-bond donors (Lipinski definition) is 0. The van der Waals surface area contributed by atoms with Gasteiger partial charge in [0.25, 0.3) is 0 Å². The van der Waals surface area contributed by atoms with Crippen molar-refractivity contribution in [2.75, 3.05) is 0 Å². The normalized spacial score (nSPS) is 10.1. The summed E-state index contributed by atoms with van der Waals surface area (Å²) in [6.45, 7) is 4.15. The van der Waals surface area contributed by atoms with E-state index in [1.807, 2.05) is 35.0 Å². The van der Waals surface area contributed by atoms with Crippen LogP contribution in [-0.2, 0) is 20.1 Å². The van der Waals surface area contributed by atoms with Crippen molar-refractivity contribution in [2.24, 2.45) is 0 Å². The molecule has 0 saturated carbocycles. The number of benzene rings is 2. The van der Waals surface area contributed by atoms with Gasteiger partial charge in [-0.2, -0.15) is 29.4 Å². The van der Waals surface area contributed by atoms with Crippen LogP contribution in [0.25, 0.3) is 16.8 Å². The van der Waals surface area contributed by atoms with Crippen molar-refractivity contribution < 1.29 is 20.1 Å². The standard InChI is InChI=1S/C17H15N2.Ir/c1-13-17(15-9-5-3-6-10-15)14(2)19(18-13)16-11-7-4-8-12-16;/h3-11H,1-2H3;/q-1;. The fourth-order valence-electron chi connectivity index (χ4n) is 2.42. The summed E-state index contributed by atoms with van der Waals surface area (Å²) in [7, 11) is 0. The van der Waals surface area contributed by atoms with Gasteiger partial charge in [-0.25, -0.2) is 0 Å². The van der Waals surface area contributed by atoms with Crippen molar-refractivity contribution in [3.05, 3.63) is 72.1 Å². The average Bonchev–Trinajstić information content (AvgIpc) is 2.76. The largest absolute Gasteiger partial charge is 0.262 e. The smallest absolute Gasteiger partial charge is 0.0678 e. The van der Waals surface area contributed by atoms with Crippen LogP contribution >= 0.6 is 0 Å². The predicted octanol–water partition coefficient (Wildman–Crippen LogP) is 3.95. The third-order valence-electron chi connectivity index (χ3n) is 3.27. The number of para-hydroxylation sites is 1. The Bertz CT molecular complexity index is 688. The molecule has 0 aliphatic rings. The molecule has 3 aromatic rings. The second kappa shape index (κ2) is 6.17. The second-order valence-corrected chi connectivity index (χ2v) is 4.57. The van der Waals surface area contributed by atoms with E-state index in [1.165, 1.54) is 11.1 Å². The van der Waals surface area contributed by atoms with Crippen LogP contribution in [0.4, 0.5) is 0 Å². The molecular formula is C17H15IrN2-. The second-order valence-electron chi connectivity index (χ2n) is 4.57. The van der Waals surface area contributed by atoms with E-state index in [2.05, 4.69) is 49.3 Å². The predicted molar refractivity (Wildman–Crippen MR) is 77.3 cm³/mol. The molecular weight excluding hydrogens is 424 g/mol. The van der Waals surface area contributed by atoms with Gasteiger partial charge >= 0.3 is 0 Å². The van der Waals surface area contributed by atoms with E-state index >= 15 is 0 Å². The Morgan fingerprint density at radius 3 is 2.30 bits per heavy atom. The van der Waals surface area contributed by atoms with E-state index in [0.29, 0.717) is 0 Å². The summed E-state index contributed by atoms with van der Waals surface area (Å²) in [4.78, 5) is 0. The molecule has 0 atom stereocenters. The quantitative estimate of drug-likeness (QED) is 0.553. The van der Waals surface area contributed by atoms with Crippen LogP contribution in [0.3, 0.4) is 0 Å². The minimum absolute atomic E-state index is 0. The first-order valence-corrected chi connectivity index (χ1v) is 6.36. The zero-order valence-electron chi connectivity index (χ0n) is 11.4. The van der Waals surface area contributed by atoms with E-state index < -0.39 is 0 Å². The fraction of sp³-hybridized carbons (Fsp3) is 0.118. The first-order valence-electron chi connectivity index (χ1n) is 6.36. The van der Waals surface area contributed by atoms with Gasteiger partial charge in [-0.1, -0.05) is 30.3 Å². The van der Waals surface area contributed by atoms with Gasteiger partial charge in [0.1, 0.15) is 0 Å². The Kier molecular flexibility index (Phi) is 4.53. The summed E-state index contributed by atoms with van der Waals surface area (Å²) in [6, 6.07) is 21.5. The molecule has 0 saturated heterocycles. The van der Waals surface area contributed by atoms with E-state index in [1.54, 1.807) is 0 Å². The van der Waals surface area contributed by atoms with Crippen molar-refractivity contribution in [3.8, 4) is 16.8 Å². The van der Waals surface area contributed by atoms with Gasteiger partial charge in [0.05, 0.1) is 5.69 Å². The van der Waals surface area contributed by atoms with E-state index in [9.17, 15) is 0 Å². The monoisotopic (exact) mass is 440 g/mol. The first kappa shape index (κ1) is 14.7. The third-order valence-corrected chi connectivity index (χ3v) is 3.27. The van der Waals surface area contributed by atoms with Gasteiger partial charge in [-0.15, -0.1) is 6.07 Å². The molecule has 0 bridgehead atoms. The Morgan fingerprint density at radius 1 is 0.950 bits per heavy atom. The minimum atomic E-state index is 0. The number of rotatable bonds is 2. The summed E-state index contributed by atoms with van der Waals surface area (Å²) < 4.78 is 1.96. The summed E-state index contributed by atoms with van der Waals surface area (Å²) in [6.07, 6.45) is 0. The maximum absolute atomic E-state index is 4.64. The van der Waals surface area contributed by atoms with Crippen LogP contribution in [0.15, 0.2) is 54.6 Å². The Morgan fingerprint density at radius 2 is 1.65 bits per heavy atom. The summed E-state index contributed by atoms with van der Waals surface area (Å²) in [5, 5.41) is 4.64. The first-order chi connectivity index (χ1) is 9.27. The van der Waals surface area contributed by atoms with Crippen molar-refractivity contribution in [2.45, 2.75) is 13.8 Å². The van der Waals surface area contributed by atoms with Crippen LogP contribution < -0.4 is 0 Å². The fourth-order valence-corrected chi connectivity index (χ4v) is 2.42. The summed E-state index contributed by atoms with van der Waals surface area (Å²) in [5.74, 6) is 0. The molecule has 0 aliphatic heterocycles. The molecule has 3 heteroatoms. The molecule has 20 heavy (non-hydrogen) atoms. The molecule has 2 aromatic carbocycles. The van der Waals surface area contributed by atoms with Crippen LogP contribution in [0.5, 0.6) is 0 Å². The molecule has 1 heterocycles. The van der Waals surface area contributed by atoms with Crippen LogP contribution in [0.2, 0.25) is 0 Å². The maximum atomic E-state index is 4.64. The topological polar surface area (TPSA) is 17.8 Å². The number of aromatic nitrogens is 2. The summed E-state index contributed by atoms with van der Waals surface area (Å²) in [5.41, 5.74) is 5.58. The minimum Gasteiger partial charge on any atom is -0.262 e. The average molecular weight is 440 g/mol. The Hall–Kier alpha value is -1.70. The maximum Gasteiger partial charge on any atom is 0.0678 e. The Balaban J connectivity index is 0.00000147.